The fourth-order valence-electron chi connectivity index (χ4n) is 4.04. The number of nitrogens with one attached hydrogen (secondary N) is 1. The SMILES string of the molecule is Cc1cc(C)cc(NC(=O)[C@@H]2CCCN(S(=O)(=O)N3CCC(C)CC3)C2)c1. The van der Waals surface area contributed by atoms with Crippen LogP contribution in [-0.4, -0.2) is 49.1 Å². The van der Waals surface area contributed by atoms with Crippen LogP contribution in [0, 0.1) is 25.7 Å². The molecule has 3 rings (SSSR count). The van der Waals surface area contributed by atoms with E-state index in [-0.39, 0.29) is 18.4 Å². The van der Waals surface area contributed by atoms with Gasteiger partial charge in [0.05, 0.1) is 5.92 Å². The van der Waals surface area contributed by atoms with Crippen LogP contribution < -0.4 is 5.32 Å². The third-order valence-electron chi connectivity index (χ3n) is 5.64. The van der Waals surface area contributed by atoms with Gasteiger partial charge in [-0.1, -0.05) is 13.0 Å². The Labute approximate surface area is 163 Å². The standard InChI is InChI=1S/C20H31N3O3S/c1-15-6-9-22(10-7-15)27(25,26)23-8-4-5-18(14-23)20(24)21-19-12-16(2)11-17(3)13-19/h11-13,15,18H,4-10,14H2,1-3H3,(H,21,24)/t18-/m1/s1. The molecule has 150 valence electrons. The first-order valence-corrected chi connectivity index (χ1v) is 11.3. The first-order valence-electron chi connectivity index (χ1n) is 9.90. The number of carbonyl (C=O) groups excluding carboxylic acids is 1. The van der Waals surface area contributed by atoms with Crippen LogP contribution in [0.4, 0.5) is 5.69 Å². The molecule has 1 amide bonds. The van der Waals surface area contributed by atoms with Crippen molar-refractivity contribution in [1.29, 1.82) is 0 Å². The van der Waals surface area contributed by atoms with Crippen molar-refractivity contribution in [3.63, 3.8) is 0 Å². The Morgan fingerprint density at radius 1 is 1.00 bits per heavy atom. The minimum atomic E-state index is -3.47. The second kappa shape index (κ2) is 8.29. The first-order chi connectivity index (χ1) is 12.8. The second-order valence-corrected chi connectivity index (χ2v) is 10.1. The van der Waals surface area contributed by atoms with Gasteiger partial charge in [0.1, 0.15) is 0 Å². The number of benzene rings is 1. The molecule has 2 saturated heterocycles. The lowest BCUT2D eigenvalue weighted by Crippen LogP contribution is -2.51. The third kappa shape index (κ3) is 4.89. The van der Waals surface area contributed by atoms with Gasteiger partial charge in [0, 0.05) is 31.9 Å². The smallest absolute Gasteiger partial charge is 0.281 e. The van der Waals surface area contributed by atoms with Gasteiger partial charge in [-0.3, -0.25) is 4.79 Å². The maximum atomic E-state index is 13.0. The minimum absolute atomic E-state index is 0.0906. The zero-order valence-electron chi connectivity index (χ0n) is 16.6. The van der Waals surface area contributed by atoms with Gasteiger partial charge in [0.15, 0.2) is 0 Å². The fraction of sp³-hybridized carbons (Fsp3) is 0.650. The van der Waals surface area contributed by atoms with E-state index >= 15 is 0 Å². The predicted molar refractivity (Wildman–Crippen MR) is 108 cm³/mol. The molecule has 2 aliphatic rings. The lowest BCUT2D eigenvalue weighted by atomic mass is 9.98. The fourth-order valence-corrected chi connectivity index (χ4v) is 5.76. The normalized spacial score (nSPS) is 23.3. The molecular weight excluding hydrogens is 362 g/mol. The molecule has 2 heterocycles. The van der Waals surface area contributed by atoms with E-state index in [0.29, 0.717) is 32.0 Å². The average Bonchev–Trinajstić information content (AvgIpc) is 2.61. The van der Waals surface area contributed by atoms with Crippen molar-refractivity contribution in [2.45, 2.75) is 46.5 Å². The van der Waals surface area contributed by atoms with Crippen LogP contribution in [0.3, 0.4) is 0 Å². The van der Waals surface area contributed by atoms with Crippen molar-refractivity contribution in [3.8, 4) is 0 Å². The van der Waals surface area contributed by atoms with Crippen LogP contribution in [-0.2, 0) is 15.0 Å². The summed E-state index contributed by atoms with van der Waals surface area (Å²) < 4.78 is 29.1. The van der Waals surface area contributed by atoms with Crippen LogP contribution in [0.15, 0.2) is 18.2 Å². The summed E-state index contributed by atoms with van der Waals surface area (Å²) >= 11 is 0. The van der Waals surface area contributed by atoms with Crippen LogP contribution in [0.2, 0.25) is 0 Å². The number of carbonyl (C=O) groups is 1. The number of hydrogen-bond acceptors (Lipinski definition) is 3. The molecule has 0 unspecified atom stereocenters. The van der Waals surface area contributed by atoms with Crippen LogP contribution in [0.5, 0.6) is 0 Å². The molecule has 0 radical (unpaired) electrons. The summed E-state index contributed by atoms with van der Waals surface area (Å²) in [7, 11) is -3.47. The summed E-state index contributed by atoms with van der Waals surface area (Å²) in [5, 5.41) is 2.98. The number of piperidine rings is 2. The van der Waals surface area contributed by atoms with Gasteiger partial charge < -0.3 is 5.32 Å². The molecule has 2 aliphatic heterocycles. The minimum Gasteiger partial charge on any atom is -0.326 e. The van der Waals surface area contributed by atoms with Crippen molar-refractivity contribution in [2.75, 3.05) is 31.5 Å². The molecule has 1 N–H and O–H groups in total. The van der Waals surface area contributed by atoms with Gasteiger partial charge in [0.25, 0.3) is 10.2 Å². The lowest BCUT2D eigenvalue weighted by Gasteiger charge is -2.37. The summed E-state index contributed by atoms with van der Waals surface area (Å²) in [5.41, 5.74) is 2.97. The molecule has 0 saturated carbocycles. The van der Waals surface area contributed by atoms with Crippen molar-refractivity contribution >= 4 is 21.8 Å². The second-order valence-electron chi connectivity index (χ2n) is 8.15. The largest absolute Gasteiger partial charge is 0.326 e. The summed E-state index contributed by atoms with van der Waals surface area (Å²) in [5.74, 6) is 0.180. The van der Waals surface area contributed by atoms with E-state index < -0.39 is 10.2 Å². The van der Waals surface area contributed by atoms with Gasteiger partial charge in [-0.15, -0.1) is 0 Å². The zero-order chi connectivity index (χ0) is 19.6. The molecular formula is C20H31N3O3S. The summed E-state index contributed by atoms with van der Waals surface area (Å²) in [6.45, 7) is 8.10. The number of anilines is 1. The number of amides is 1. The van der Waals surface area contributed by atoms with E-state index in [1.54, 1.807) is 4.31 Å². The van der Waals surface area contributed by atoms with E-state index in [4.69, 9.17) is 0 Å². The molecule has 27 heavy (non-hydrogen) atoms. The van der Waals surface area contributed by atoms with Gasteiger partial charge in [-0.05, 0) is 68.7 Å². The lowest BCUT2D eigenvalue weighted by molar-refractivity contribution is -0.120. The molecule has 6 nitrogen and oxygen atoms in total. The highest BCUT2D eigenvalue weighted by atomic mass is 32.2. The molecule has 0 aliphatic carbocycles. The van der Waals surface area contributed by atoms with Crippen molar-refractivity contribution in [2.24, 2.45) is 11.8 Å². The summed E-state index contributed by atoms with van der Waals surface area (Å²) in [4.78, 5) is 12.7. The van der Waals surface area contributed by atoms with E-state index in [1.807, 2.05) is 26.0 Å². The van der Waals surface area contributed by atoms with Crippen molar-refractivity contribution in [1.82, 2.24) is 8.61 Å². The molecule has 1 aromatic rings. The molecule has 0 bridgehead atoms. The van der Waals surface area contributed by atoms with Crippen LogP contribution in [0.1, 0.15) is 43.7 Å². The quantitative estimate of drug-likeness (QED) is 0.855. The highest BCUT2D eigenvalue weighted by Gasteiger charge is 2.37. The average molecular weight is 394 g/mol. The van der Waals surface area contributed by atoms with Gasteiger partial charge in [-0.25, -0.2) is 0 Å². The van der Waals surface area contributed by atoms with E-state index in [0.717, 1.165) is 36.1 Å². The number of nitrogens with zero attached hydrogens (tertiary/aromatic N) is 2. The Morgan fingerprint density at radius 3 is 2.26 bits per heavy atom. The molecule has 7 heteroatoms. The molecule has 2 fully saturated rings. The monoisotopic (exact) mass is 393 g/mol. The van der Waals surface area contributed by atoms with Crippen molar-refractivity contribution in [3.05, 3.63) is 29.3 Å². The maximum Gasteiger partial charge on any atom is 0.281 e. The Hall–Kier alpha value is -1.44. The van der Waals surface area contributed by atoms with Gasteiger partial charge in [0.2, 0.25) is 5.91 Å². The predicted octanol–water partition coefficient (Wildman–Crippen LogP) is 2.93. The topological polar surface area (TPSA) is 69.7 Å². The van der Waals surface area contributed by atoms with Gasteiger partial charge >= 0.3 is 0 Å². The van der Waals surface area contributed by atoms with Gasteiger partial charge in [-0.2, -0.15) is 17.0 Å². The zero-order valence-corrected chi connectivity index (χ0v) is 17.4. The van der Waals surface area contributed by atoms with Crippen LogP contribution in [0.25, 0.3) is 0 Å². The van der Waals surface area contributed by atoms with E-state index in [2.05, 4.69) is 18.3 Å². The Morgan fingerprint density at radius 2 is 1.63 bits per heavy atom. The Balaban J connectivity index is 1.65. The molecule has 1 aromatic carbocycles. The van der Waals surface area contributed by atoms with E-state index in [1.165, 1.54) is 4.31 Å². The molecule has 0 aromatic heterocycles. The van der Waals surface area contributed by atoms with Crippen LogP contribution >= 0.6 is 0 Å². The highest BCUT2D eigenvalue weighted by Crippen LogP contribution is 2.26. The number of aryl methyl sites for hydroxylation is 2. The molecule has 0 spiro atoms. The third-order valence-corrected chi connectivity index (χ3v) is 7.64. The first kappa shape index (κ1) is 20.3. The summed E-state index contributed by atoms with van der Waals surface area (Å²) in [6, 6.07) is 5.94. The Kier molecular flexibility index (Phi) is 6.23. The molecule has 1 atom stereocenters. The van der Waals surface area contributed by atoms with Crippen molar-refractivity contribution < 1.29 is 13.2 Å². The highest BCUT2D eigenvalue weighted by molar-refractivity contribution is 7.86. The number of rotatable bonds is 4. The van der Waals surface area contributed by atoms with E-state index in [9.17, 15) is 13.2 Å². The Bertz CT molecular complexity index is 765. The number of hydrogen-bond donors (Lipinski definition) is 1. The maximum absolute atomic E-state index is 13.0. The summed E-state index contributed by atoms with van der Waals surface area (Å²) in [6.07, 6.45) is 3.25.